The van der Waals surface area contributed by atoms with Crippen LogP contribution in [0, 0.1) is 5.82 Å². The van der Waals surface area contributed by atoms with Gasteiger partial charge in [0.1, 0.15) is 23.5 Å². The minimum Gasteiger partial charge on any atom is -0.478 e. The average molecular weight is 476 g/mol. The first-order chi connectivity index (χ1) is 15.7. The molecule has 3 aromatic rings. The maximum absolute atomic E-state index is 13.7. The van der Waals surface area contributed by atoms with Gasteiger partial charge in [0, 0.05) is 36.5 Å². The summed E-state index contributed by atoms with van der Waals surface area (Å²) in [6.45, 7) is 2.02. The Bertz CT molecular complexity index is 1140. The largest absolute Gasteiger partial charge is 0.478 e. The van der Waals surface area contributed by atoms with Gasteiger partial charge in [-0.05, 0) is 31.2 Å². The SMILES string of the molecule is COC[C@@H](C)Oc1cc(C(=O)Nc2ccc(C(=O)O)cn2)cc(Oc2cc(F)cc(Cl)c2)n1. The lowest BCUT2D eigenvalue weighted by atomic mass is 10.2. The van der Waals surface area contributed by atoms with Crippen molar-refractivity contribution in [1.29, 1.82) is 0 Å². The number of nitrogens with zero attached hydrogens (tertiary/aromatic N) is 2. The van der Waals surface area contributed by atoms with Crippen LogP contribution >= 0.6 is 11.6 Å². The number of anilines is 1. The lowest BCUT2D eigenvalue weighted by Crippen LogP contribution is -2.19. The third-order valence-electron chi connectivity index (χ3n) is 4.07. The molecule has 0 aliphatic carbocycles. The topological polar surface area (TPSA) is 120 Å². The van der Waals surface area contributed by atoms with E-state index in [4.69, 9.17) is 30.9 Å². The molecule has 3 rings (SSSR count). The van der Waals surface area contributed by atoms with E-state index in [1.165, 1.54) is 37.4 Å². The number of amides is 1. The number of carbonyl (C=O) groups is 2. The van der Waals surface area contributed by atoms with Crippen LogP contribution in [-0.4, -0.2) is 46.8 Å². The Balaban J connectivity index is 1.88. The van der Waals surface area contributed by atoms with E-state index in [-0.39, 0.29) is 52.2 Å². The van der Waals surface area contributed by atoms with Crippen LogP contribution in [-0.2, 0) is 4.74 Å². The molecule has 0 saturated carbocycles. The number of aromatic nitrogens is 2. The molecule has 2 aromatic heterocycles. The second-order valence-electron chi connectivity index (χ2n) is 6.81. The van der Waals surface area contributed by atoms with Crippen molar-refractivity contribution in [2.24, 2.45) is 0 Å². The van der Waals surface area contributed by atoms with E-state index in [0.717, 1.165) is 18.3 Å². The normalized spacial score (nSPS) is 11.5. The van der Waals surface area contributed by atoms with E-state index < -0.39 is 17.7 Å². The predicted octanol–water partition coefficient (Wildman–Crippen LogP) is 4.43. The maximum Gasteiger partial charge on any atom is 0.337 e. The number of methoxy groups -OCH3 is 1. The van der Waals surface area contributed by atoms with E-state index in [9.17, 15) is 14.0 Å². The number of carboxylic acids is 1. The molecule has 0 unspecified atom stereocenters. The highest BCUT2D eigenvalue weighted by atomic mass is 35.5. The first-order valence-electron chi connectivity index (χ1n) is 9.56. The van der Waals surface area contributed by atoms with Crippen molar-refractivity contribution in [2.45, 2.75) is 13.0 Å². The quantitative estimate of drug-likeness (QED) is 0.466. The Hall–Kier alpha value is -3.76. The monoisotopic (exact) mass is 475 g/mol. The van der Waals surface area contributed by atoms with Gasteiger partial charge in [-0.25, -0.2) is 14.2 Å². The maximum atomic E-state index is 13.7. The van der Waals surface area contributed by atoms with Gasteiger partial charge < -0.3 is 24.6 Å². The van der Waals surface area contributed by atoms with Gasteiger partial charge in [0.05, 0.1) is 17.7 Å². The summed E-state index contributed by atoms with van der Waals surface area (Å²) in [5, 5.41) is 11.6. The number of carbonyl (C=O) groups excluding carboxylic acids is 1. The number of nitrogens with one attached hydrogen (secondary N) is 1. The molecule has 1 amide bonds. The second kappa shape index (κ2) is 10.7. The van der Waals surface area contributed by atoms with Crippen LogP contribution in [0.15, 0.2) is 48.7 Å². The van der Waals surface area contributed by atoms with Crippen molar-refractivity contribution in [1.82, 2.24) is 9.97 Å². The summed E-state index contributed by atoms with van der Waals surface area (Å²) in [7, 11) is 1.52. The summed E-state index contributed by atoms with van der Waals surface area (Å²) in [5.41, 5.74) is 0.0791. The summed E-state index contributed by atoms with van der Waals surface area (Å²) < 4.78 is 30.0. The van der Waals surface area contributed by atoms with Crippen molar-refractivity contribution in [3.63, 3.8) is 0 Å². The van der Waals surface area contributed by atoms with E-state index in [2.05, 4.69) is 15.3 Å². The fourth-order valence-corrected chi connectivity index (χ4v) is 2.90. The molecule has 11 heteroatoms. The Morgan fingerprint density at radius 1 is 1.15 bits per heavy atom. The summed E-state index contributed by atoms with van der Waals surface area (Å²) in [6, 6.07) is 9.00. The third kappa shape index (κ3) is 6.86. The molecule has 2 heterocycles. The molecule has 1 aromatic carbocycles. The van der Waals surface area contributed by atoms with Crippen LogP contribution in [0.3, 0.4) is 0 Å². The van der Waals surface area contributed by atoms with Crippen molar-refractivity contribution >= 4 is 29.3 Å². The highest BCUT2D eigenvalue weighted by Gasteiger charge is 2.16. The Morgan fingerprint density at radius 2 is 1.91 bits per heavy atom. The van der Waals surface area contributed by atoms with Crippen molar-refractivity contribution in [2.75, 3.05) is 19.0 Å². The number of pyridine rings is 2. The molecule has 0 saturated heterocycles. The number of hydrogen-bond donors (Lipinski definition) is 2. The number of ether oxygens (including phenoxy) is 3. The van der Waals surface area contributed by atoms with Gasteiger partial charge in [-0.1, -0.05) is 11.6 Å². The average Bonchev–Trinajstić information content (AvgIpc) is 2.73. The van der Waals surface area contributed by atoms with Crippen LogP contribution in [0.1, 0.15) is 27.6 Å². The number of aromatic carboxylic acids is 1. The van der Waals surface area contributed by atoms with Gasteiger partial charge in [-0.3, -0.25) is 4.79 Å². The van der Waals surface area contributed by atoms with E-state index >= 15 is 0 Å². The van der Waals surface area contributed by atoms with Gasteiger partial charge in [0.2, 0.25) is 11.8 Å². The number of benzene rings is 1. The second-order valence-corrected chi connectivity index (χ2v) is 7.25. The molecule has 172 valence electrons. The van der Waals surface area contributed by atoms with Gasteiger partial charge in [0.25, 0.3) is 5.91 Å². The number of rotatable bonds is 9. The van der Waals surface area contributed by atoms with E-state index in [1.807, 2.05) is 0 Å². The van der Waals surface area contributed by atoms with Crippen LogP contribution in [0.4, 0.5) is 10.2 Å². The Labute approximate surface area is 193 Å². The van der Waals surface area contributed by atoms with E-state index in [1.54, 1.807) is 6.92 Å². The fourth-order valence-electron chi connectivity index (χ4n) is 2.69. The minimum atomic E-state index is -1.14. The molecule has 0 spiro atoms. The summed E-state index contributed by atoms with van der Waals surface area (Å²) >= 11 is 5.87. The van der Waals surface area contributed by atoms with Crippen LogP contribution in [0.25, 0.3) is 0 Å². The van der Waals surface area contributed by atoms with Crippen molar-refractivity contribution in [3.8, 4) is 17.5 Å². The van der Waals surface area contributed by atoms with Crippen molar-refractivity contribution in [3.05, 3.63) is 70.6 Å². The van der Waals surface area contributed by atoms with Crippen LogP contribution < -0.4 is 14.8 Å². The molecular weight excluding hydrogens is 457 g/mol. The zero-order valence-electron chi connectivity index (χ0n) is 17.5. The molecular formula is C22H19ClFN3O6. The highest BCUT2D eigenvalue weighted by molar-refractivity contribution is 6.30. The third-order valence-corrected chi connectivity index (χ3v) is 4.29. The minimum absolute atomic E-state index is 0.0239. The van der Waals surface area contributed by atoms with Crippen LogP contribution in [0.2, 0.25) is 5.02 Å². The zero-order valence-corrected chi connectivity index (χ0v) is 18.3. The first kappa shape index (κ1) is 23.9. The van der Waals surface area contributed by atoms with Crippen LogP contribution in [0.5, 0.6) is 17.5 Å². The zero-order chi connectivity index (χ0) is 24.0. The molecule has 0 aliphatic rings. The van der Waals surface area contributed by atoms with Gasteiger partial charge >= 0.3 is 5.97 Å². The molecule has 0 radical (unpaired) electrons. The summed E-state index contributed by atoms with van der Waals surface area (Å²) in [4.78, 5) is 31.9. The molecule has 2 N–H and O–H groups in total. The Kier molecular flexibility index (Phi) is 7.75. The van der Waals surface area contributed by atoms with Gasteiger partial charge in [0.15, 0.2) is 0 Å². The number of carboxylic acid groups (broad SMARTS) is 1. The lowest BCUT2D eigenvalue weighted by Gasteiger charge is -2.15. The van der Waals surface area contributed by atoms with E-state index in [0.29, 0.717) is 0 Å². The smallest absolute Gasteiger partial charge is 0.337 e. The lowest BCUT2D eigenvalue weighted by molar-refractivity contribution is 0.0696. The van der Waals surface area contributed by atoms with Gasteiger partial charge in [-0.2, -0.15) is 4.98 Å². The molecule has 0 aliphatic heterocycles. The fraction of sp³-hybridized carbons (Fsp3) is 0.182. The molecule has 33 heavy (non-hydrogen) atoms. The standard InChI is InChI=1S/C22H19ClFN3O6/c1-12(11-31-2)32-19-5-14(21(28)26-18-4-3-13(10-25-18)22(29)30)6-20(27-19)33-17-8-15(23)7-16(24)9-17/h3-10,12H,11H2,1-2H3,(H,29,30)(H,25,26,28)/t12-/m1/s1. The first-order valence-corrected chi connectivity index (χ1v) is 9.93. The molecule has 0 fully saturated rings. The highest BCUT2D eigenvalue weighted by Crippen LogP contribution is 2.27. The predicted molar refractivity (Wildman–Crippen MR) is 117 cm³/mol. The Morgan fingerprint density at radius 3 is 2.55 bits per heavy atom. The number of halogens is 2. The van der Waals surface area contributed by atoms with Gasteiger partial charge in [-0.15, -0.1) is 0 Å². The molecule has 1 atom stereocenters. The molecule has 9 nitrogen and oxygen atoms in total. The summed E-state index contributed by atoms with van der Waals surface area (Å²) in [5.74, 6) is -2.09. The van der Waals surface area contributed by atoms with Crippen molar-refractivity contribution < 1.29 is 33.3 Å². The summed E-state index contributed by atoms with van der Waals surface area (Å²) in [6.07, 6.45) is 0.732. The molecule has 0 bridgehead atoms. The number of hydrogen-bond acceptors (Lipinski definition) is 7.